The van der Waals surface area contributed by atoms with E-state index in [1.807, 2.05) is 6.92 Å². The number of aromatic carboxylic acids is 1. The minimum Gasteiger partial charge on any atom is -0.494 e. The van der Waals surface area contributed by atoms with E-state index in [9.17, 15) is 23.1 Å². The zero-order valence-electron chi connectivity index (χ0n) is 18.3. The summed E-state index contributed by atoms with van der Waals surface area (Å²) in [7, 11) is -4.09. The van der Waals surface area contributed by atoms with E-state index >= 15 is 0 Å². The number of nitrogens with one attached hydrogen (secondary N) is 1. The number of hydrogen-bond acceptors (Lipinski definition) is 6. The summed E-state index contributed by atoms with van der Waals surface area (Å²) < 4.78 is 33.0. The summed E-state index contributed by atoms with van der Waals surface area (Å²) in [6.45, 7) is 1.72. The van der Waals surface area contributed by atoms with Crippen molar-refractivity contribution < 1.29 is 27.9 Å². The first kappa shape index (κ1) is 24.5. The summed E-state index contributed by atoms with van der Waals surface area (Å²) in [5.74, 6) is -1.31. The maximum absolute atomic E-state index is 13.4. The lowest BCUT2D eigenvalue weighted by Gasteiger charge is -2.23. The fraction of sp³-hybridized carbons (Fsp3) is 0.125. The highest BCUT2D eigenvalue weighted by Crippen LogP contribution is 2.25. The van der Waals surface area contributed by atoms with E-state index in [4.69, 9.17) is 4.74 Å². The van der Waals surface area contributed by atoms with Gasteiger partial charge in [0.15, 0.2) is 0 Å². The number of carboxylic acid groups (broad SMARTS) is 1. The lowest BCUT2D eigenvalue weighted by atomic mass is 10.1. The number of anilines is 1. The van der Waals surface area contributed by atoms with Gasteiger partial charge in [0.05, 0.1) is 29.0 Å². The lowest BCUT2D eigenvalue weighted by molar-refractivity contribution is -0.119. The summed E-state index contributed by atoms with van der Waals surface area (Å²) in [5.41, 5.74) is 2.86. The number of hydrogen-bond donors (Lipinski definition) is 2. The molecular formula is C24H23N3O6S. The molecule has 0 spiro atoms. The summed E-state index contributed by atoms with van der Waals surface area (Å²) in [6.07, 6.45) is 1.19. The number of hydrazone groups is 1. The van der Waals surface area contributed by atoms with Gasteiger partial charge in [0.25, 0.3) is 15.9 Å². The number of rotatable bonds is 10. The van der Waals surface area contributed by atoms with Gasteiger partial charge in [-0.3, -0.25) is 9.10 Å². The fourth-order valence-electron chi connectivity index (χ4n) is 3.05. The van der Waals surface area contributed by atoms with Crippen molar-refractivity contribution >= 4 is 33.8 Å². The number of sulfonamides is 1. The molecular weight excluding hydrogens is 458 g/mol. The molecule has 176 valence electrons. The van der Waals surface area contributed by atoms with Gasteiger partial charge in [-0.25, -0.2) is 18.6 Å². The quantitative estimate of drug-likeness (QED) is 0.339. The summed E-state index contributed by atoms with van der Waals surface area (Å²) in [6, 6.07) is 20.3. The minimum absolute atomic E-state index is 0.00788. The van der Waals surface area contributed by atoms with Crippen molar-refractivity contribution in [2.45, 2.75) is 11.8 Å². The molecule has 3 aromatic carbocycles. The number of carboxylic acids is 1. The second-order valence-corrected chi connectivity index (χ2v) is 8.80. The molecule has 3 rings (SSSR count). The third-order valence-electron chi connectivity index (χ3n) is 4.64. The van der Waals surface area contributed by atoms with Crippen LogP contribution in [0, 0.1) is 0 Å². The molecule has 0 saturated heterocycles. The molecule has 0 unspecified atom stereocenters. The fourth-order valence-corrected chi connectivity index (χ4v) is 4.48. The maximum atomic E-state index is 13.4. The zero-order valence-corrected chi connectivity index (χ0v) is 19.1. The van der Waals surface area contributed by atoms with Crippen molar-refractivity contribution in [2.24, 2.45) is 5.10 Å². The van der Waals surface area contributed by atoms with E-state index in [2.05, 4.69) is 10.5 Å². The third kappa shape index (κ3) is 5.99. The predicted octanol–water partition coefficient (Wildman–Crippen LogP) is 3.13. The minimum atomic E-state index is -4.09. The molecule has 0 saturated carbocycles. The Balaban J connectivity index is 1.82. The number of para-hydroxylation sites is 1. The standard InChI is InChI=1S/C24H23N3O6S/c1-2-33-20-12-14-21(15-13-20)34(31,32)27(19-9-4-3-5-10-19)17-23(28)26-25-16-18-8-6-7-11-22(18)24(29)30/h3-16H,2,17H2,1H3,(H,26,28)(H,29,30)/b25-16-. The topological polar surface area (TPSA) is 125 Å². The maximum Gasteiger partial charge on any atom is 0.336 e. The van der Waals surface area contributed by atoms with Gasteiger partial charge in [0.2, 0.25) is 0 Å². The third-order valence-corrected chi connectivity index (χ3v) is 6.43. The van der Waals surface area contributed by atoms with E-state index < -0.39 is 28.4 Å². The van der Waals surface area contributed by atoms with E-state index in [-0.39, 0.29) is 16.0 Å². The molecule has 9 nitrogen and oxygen atoms in total. The molecule has 0 bridgehead atoms. The van der Waals surface area contributed by atoms with Crippen LogP contribution in [0.4, 0.5) is 5.69 Å². The number of carbonyl (C=O) groups excluding carboxylic acids is 1. The number of nitrogens with zero attached hydrogens (tertiary/aromatic N) is 2. The normalized spacial score (nSPS) is 11.2. The van der Waals surface area contributed by atoms with Gasteiger partial charge in [0.1, 0.15) is 12.3 Å². The SMILES string of the molecule is CCOc1ccc(S(=O)(=O)N(CC(=O)N/N=C\c2ccccc2C(=O)O)c2ccccc2)cc1. The van der Waals surface area contributed by atoms with E-state index in [0.29, 0.717) is 18.0 Å². The zero-order chi connectivity index (χ0) is 24.6. The number of amides is 1. The van der Waals surface area contributed by atoms with Crippen LogP contribution in [-0.4, -0.2) is 44.8 Å². The highest BCUT2D eigenvalue weighted by atomic mass is 32.2. The van der Waals surface area contributed by atoms with Crippen molar-refractivity contribution in [3.8, 4) is 5.75 Å². The van der Waals surface area contributed by atoms with E-state index in [0.717, 1.165) is 4.31 Å². The van der Waals surface area contributed by atoms with Crippen LogP contribution in [0.5, 0.6) is 5.75 Å². The number of benzene rings is 3. The first-order chi connectivity index (χ1) is 16.3. The van der Waals surface area contributed by atoms with Crippen molar-refractivity contribution in [3.63, 3.8) is 0 Å². The number of carbonyl (C=O) groups is 2. The highest BCUT2D eigenvalue weighted by Gasteiger charge is 2.27. The van der Waals surface area contributed by atoms with Crippen molar-refractivity contribution in [1.29, 1.82) is 0 Å². The molecule has 0 aliphatic carbocycles. The van der Waals surface area contributed by atoms with Crippen LogP contribution in [0.1, 0.15) is 22.8 Å². The van der Waals surface area contributed by atoms with Crippen LogP contribution in [0.15, 0.2) is 88.9 Å². The number of ether oxygens (including phenoxy) is 1. The van der Waals surface area contributed by atoms with E-state index in [1.54, 1.807) is 54.6 Å². The molecule has 0 aliphatic rings. The first-order valence-corrected chi connectivity index (χ1v) is 11.7. The molecule has 3 aromatic rings. The molecule has 10 heteroatoms. The average molecular weight is 482 g/mol. The van der Waals surface area contributed by atoms with Crippen LogP contribution < -0.4 is 14.5 Å². The van der Waals surface area contributed by atoms with Crippen LogP contribution in [0.25, 0.3) is 0 Å². The Morgan fingerprint density at radius 3 is 2.29 bits per heavy atom. The Kier molecular flexibility index (Phi) is 7.99. The monoisotopic (exact) mass is 481 g/mol. The largest absolute Gasteiger partial charge is 0.494 e. The van der Waals surface area contributed by atoms with Gasteiger partial charge in [-0.15, -0.1) is 0 Å². The Morgan fingerprint density at radius 1 is 1.00 bits per heavy atom. The first-order valence-electron chi connectivity index (χ1n) is 10.3. The molecule has 2 N–H and O–H groups in total. The summed E-state index contributed by atoms with van der Waals surface area (Å²) in [5, 5.41) is 13.0. The highest BCUT2D eigenvalue weighted by molar-refractivity contribution is 7.92. The molecule has 1 amide bonds. The van der Waals surface area contributed by atoms with Gasteiger partial charge >= 0.3 is 5.97 Å². The summed E-state index contributed by atoms with van der Waals surface area (Å²) in [4.78, 5) is 23.9. The molecule has 34 heavy (non-hydrogen) atoms. The molecule has 0 radical (unpaired) electrons. The summed E-state index contributed by atoms with van der Waals surface area (Å²) >= 11 is 0. The Bertz CT molecular complexity index is 1280. The average Bonchev–Trinajstić information content (AvgIpc) is 2.84. The Hall–Kier alpha value is -4.18. The van der Waals surface area contributed by atoms with Gasteiger partial charge in [-0.05, 0) is 49.4 Å². The van der Waals surface area contributed by atoms with Crippen LogP contribution in [-0.2, 0) is 14.8 Å². The lowest BCUT2D eigenvalue weighted by Crippen LogP contribution is -2.39. The van der Waals surface area contributed by atoms with Gasteiger partial charge in [0, 0.05) is 5.56 Å². The smallest absolute Gasteiger partial charge is 0.336 e. The predicted molar refractivity (Wildman–Crippen MR) is 128 cm³/mol. The molecule has 0 aromatic heterocycles. The van der Waals surface area contributed by atoms with Gasteiger partial charge in [-0.2, -0.15) is 5.10 Å². The van der Waals surface area contributed by atoms with Crippen molar-refractivity contribution in [1.82, 2.24) is 5.43 Å². The second kappa shape index (κ2) is 11.1. The molecule has 0 fully saturated rings. The van der Waals surface area contributed by atoms with Crippen molar-refractivity contribution in [3.05, 3.63) is 90.0 Å². The Labute approximate surface area is 197 Å². The Morgan fingerprint density at radius 2 is 1.65 bits per heavy atom. The van der Waals surface area contributed by atoms with E-state index in [1.165, 1.54) is 30.5 Å². The molecule has 0 aliphatic heterocycles. The van der Waals surface area contributed by atoms with Crippen LogP contribution in [0.3, 0.4) is 0 Å². The van der Waals surface area contributed by atoms with Gasteiger partial charge in [-0.1, -0.05) is 36.4 Å². The van der Waals surface area contributed by atoms with Crippen LogP contribution in [0.2, 0.25) is 0 Å². The van der Waals surface area contributed by atoms with Crippen molar-refractivity contribution in [2.75, 3.05) is 17.5 Å². The molecule has 0 atom stereocenters. The molecule has 0 heterocycles. The second-order valence-electron chi connectivity index (χ2n) is 6.94. The van der Waals surface area contributed by atoms with Gasteiger partial charge < -0.3 is 9.84 Å². The van der Waals surface area contributed by atoms with Crippen LogP contribution >= 0.6 is 0 Å².